The fraction of sp³-hybridized carbons (Fsp3) is 0.357. The van der Waals surface area contributed by atoms with Crippen molar-refractivity contribution in [2.45, 2.75) is 32.1 Å². The minimum absolute atomic E-state index is 0.216. The highest BCUT2D eigenvalue weighted by Gasteiger charge is 2.31. The Morgan fingerprint density at radius 2 is 1.90 bits per heavy atom. The van der Waals surface area contributed by atoms with Gasteiger partial charge >= 0.3 is 12.1 Å². The predicted octanol–water partition coefficient (Wildman–Crippen LogP) is 3.33. The van der Waals surface area contributed by atoms with Crippen LogP contribution in [0.15, 0.2) is 24.3 Å². The average Bonchev–Trinajstić information content (AvgIpc) is 2.74. The molecular formula is C14H15F3N2O2. The van der Waals surface area contributed by atoms with Crippen LogP contribution in [0.3, 0.4) is 0 Å². The van der Waals surface area contributed by atoms with Gasteiger partial charge in [-0.25, -0.2) is 0 Å². The summed E-state index contributed by atoms with van der Waals surface area (Å²) in [4.78, 5) is 11.1. The molecule has 0 aliphatic heterocycles. The average molecular weight is 300 g/mol. The van der Waals surface area contributed by atoms with E-state index in [1.165, 1.54) is 16.7 Å². The van der Waals surface area contributed by atoms with E-state index < -0.39 is 23.8 Å². The monoisotopic (exact) mass is 300 g/mol. The summed E-state index contributed by atoms with van der Waals surface area (Å²) < 4.78 is 40.0. The number of hydrogen-bond donors (Lipinski definition) is 2. The Hall–Kier alpha value is -2.02. The molecule has 0 saturated heterocycles. The number of carbonyl (C=O) groups is 1. The molecular weight excluding hydrogens is 285 g/mol. The Morgan fingerprint density at radius 3 is 2.38 bits per heavy atom. The van der Waals surface area contributed by atoms with Crippen molar-refractivity contribution in [2.75, 3.05) is 0 Å². The van der Waals surface area contributed by atoms with E-state index >= 15 is 0 Å². The summed E-state index contributed by atoms with van der Waals surface area (Å²) >= 11 is 0. The lowest BCUT2D eigenvalue weighted by Crippen LogP contribution is -2.24. The van der Waals surface area contributed by atoms with Crippen LogP contribution in [0.1, 0.15) is 37.2 Å². The zero-order valence-corrected chi connectivity index (χ0v) is 11.5. The third kappa shape index (κ3) is 2.73. The largest absolute Gasteiger partial charge is 0.480 e. The van der Waals surface area contributed by atoms with E-state index in [0.29, 0.717) is 10.9 Å². The quantitative estimate of drug-likeness (QED) is 0.913. The predicted molar refractivity (Wildman–Crippen MR) is 71.9 cm³/mol. The fourth-order valence-electron chi connectivity index (χ4n) is 2.36. The number of benzene rings is 1. The number of alkyl halides is 3. The third-order valence-corrected chi connectivity index (χ3v) is 3.30. The van der Waals surface area contributed by atoms with Crippen LogP contribution in [0, 0.1) is 0 Å². The molecule has 3 N–H and O–H groups in total. The third-order valence-electron chi connectivity index (χ3n) is 3.30. The normalized spacial score (nSPS) is 13.9. The molecule has 0 aliphatic carbocycles. The summed E-state index contributed by atoms with van der Waals surface area (Å²) in [6, 6.07) is 3.35. The summed E-state index contributed by atoms with van der Waals surface area (Å²) in [5.74, 6) is -1.23. The molecule has 1 aromatic carbocycles. The summed E-state index contributed by atoms with van der Waals surface area (Å²) in [6.45, 7) is 3.52. The molecule has 0 bridgehead atoms. The van der Waals surface area contributed by atoms with Crippen molar-refractivity contribution in [1.82, 2.24) is 4.57 Å². The molecule has 0 fully saturated rings. The van der Waals surface area contributed by atoms with Gasteiger partial charge in [0.25, 0.3) is 0 Å². The number of fused-ring (bicyclic) bond motifs is 1. The first-order valence-corrected chi connectivity index (χ1v) is 6.33. The minimum atomic E-state index is -4.45. The van der Waals surface area contributed by atoms with Crippen LogP contribution in [0.25, 0.3) is 10.9 Å². The van der Waals surface area contributed by atoms with Crippen molar-refractivity contribution in [3.63, 3.8) is 0 Å². The number of nitrogens with two attached hydrogens (primary N) is 1. The second-order valence-corrected chi connectivity index (χ2v) is 5.12. The van der Waals surface area contributed by atoms with Crippen molar-refractivity contribution in [2.24, 2.45) is 5.73 Å². The number of rotatable bonds is 3. The highest BCUT2D eigenvalue weighted by Crippen LogP contribution is 2.34. The molecule has 1 atom stereocenters. The van der Waals surface area contributed by atoms with Crippen LogP contribution in [0.2, 0.25) is 0 Å². The molecule has 21 heavy (non-hydrogen) atoms. The Kier molecular flexibility index (Phi) is 3.71. The zero-order valence-electron chi connectivity index (χ0n) is 11.5. The van der Waals surface area contributed by atoms with Gasteiger partial charge < -0.3 is 15.4 Å². The first-order chi connectivity index (χ1) is 9.62. The van der Waals surface area contributed by atoms with Crippen LogP contribution in [-0.2, 0) is 11.0 Å². The standard InChI is InChI=1S/C14H15F3N2O2/c1-7(2)19-10-6-9(14(15,16)17)4-3-8(10)5-11(19)12(18)13(20)21/h3-7,12H,18H2,1-2H3,(H,20,21). The highest BCUT2D eigenvalue weighted by atomic mass is 19.4. The molecule has 0 amide bonds. The molecule has 1 heterocycles. The van der Waals surface area contributed by atoms with Crippen molar-refractivity contribution in [3.05, 3.63) is 35.5 Å². The van der Waals surface area contributed by atoms with Crippen molar-refractivity contribution in [1.29, 1.82) is 0 Å². The maximum absolute atomic E-state index is 12.8. The lowest BCUT2D eigenvalue weighted by molar-refractivity contribution is -0.139. The summed E-state index contributed by atoms with van der Waals surface area (Å²) in [6.07, 6.45) is -4.45. The van der Waals surface area contributed by atoms with Crippen molar-refractivity contribution >= 4 is 16.9 Å². The molecule has 1 unspecified atom stereocenters. The first-order valence-electron chi connectivity index (χ1n) is 6.33. The van der Waals surface area contributed by atoms with Gasteiger partial charge in [0.05, 0.1) is 5.56 Å². The van der Waals surface area contributed by atoms with Gasteiger partial charge in [-0.1, -0.05) is 6.07 Å². The van der Waals surface area contributed by atoms with E-state index in [9.17, 15) is 18.0 Å². The molecule has 0 spiro atoms. The number of aromatic nitrogens is 1. The molecule has 7 heteroatoms. The van der Waals surface area contributed by atoms with Crippen molar-refractivity contribution < 1.29 is 23.1 Å². The van der Waals surface area contributed by atoms with Gasteiger partial charge in [-0.05, 0) is 37.4 Å². The molecule has 114 valence electrons. The Bertz CT molecular complexity index is 689. The summed E-state index contributed by atoms with van der Waals surface area (Å²) in [5, 5.41) is 9.56. The van der Waals surface area contributed by atoms with E-state index in [1.54, 1.807) is 13.8 Å². The molecule has 0 saturated carbocycles. The van der Waals surface area contributed by atoms with E-state index in [2.05, 4.69) is 0 Å². The van der Waals surface area contributed by atoms with Crippen LogP contribution in [0.4, 0.5) is 13.2 Å². The van der Waals surface area contributed by atoms with E-state index in [4.69, 9.17) is 10.8 Å². The van der Waals surface area contributed by atoms with Crippen molar-refractivity contribution in [3.8, 4) is 0 Å². The summed E-state index contributed by atoms with van der Waals surface area (Å²) in [5.41, 5.74) is 5.46. The molecule has 4 nitrogen and oxygen atoms in total. The van der Waals surface area contributed by atoms with Gasteiger partial charge in [-0.15, -0.1) is 0 Å². The van der Waals surface area contributed by atoms with Gasteiger partial charge in [0.15, 0.2) is 0 Å². The maximum atomic E-state index is 12.8. The van der Waals surface area contributed by atoms with Crippen LogP contribution in [-0.4, -0.2) is 15.6 Å². The highest BCUT2D eigenvalue weighted by molar-refractivity contribution is 5.85. The molecule has 2 rings (SSSR count). The van der Waals surface area contributed by atoms with Gasteiger partial charge in [-0.3, -0.25) is 4.79 Å². The second-order valence-electron chi connectivity index (χ2n) is 5.12. The zero-order chi connectivity index (χ0) is 15.9. The first kappa shape index (κ1) is 15.4. The van der Waals surface area contributed by atoms with Gasteiger partial charge in [0.1, 0.15) is 6.04 Å². The molecule has 1 aromatic heterocycles. The fourth-order valence-corrected chi connectivity index (χ4v) is 2.36. The van der Waals surface area contributed by atoms with Gasteiger partial charge in [-0.2, -0.15) is 13.2 Å². The van der Waals surface area contributed by atoms with Crippen LogP contribution < -0.4 is 5.73 Å². The maximum Gasteiger partial charge on any atom is 0.416 e. The summed E-state index contributed by atoms with van der Waals surface area (Å²) in [7, 11) is 0. The number of carboxylic acid groups (broad SMARTS) is 1. The Morgan fingerprint density at radius 1 is 1.29 bits per heavy atom. The number of nitrogens with zero attached hydrogens (tertiary/aromatic N) is 1. The minimum Gasteiger partial charge on any atom is -0.480 e. The SMILES string of the molecule is CC(C)n1c(C(N)C(=O)O)cc2ccc(C(F)(F)F)cc21. The number of aliphatic carboxylic acids is 1. The smallest absolute Gasteiger partial charge is 0.416 e. The Balaban J connectivity index is 2.73. The lowest BCUT2D eigenvalue weighted by Gasteiger charge is -2.17. The number of carboxylic acids is 1. The van der Waals surface area contributed by atoms with Crippen LogP contribution in [0.5, 0.6) is 0 Å². The van der Waals surface area contributed by atoms with E-state index in [-0.39, 0.29) is 11.7 Å². The van der Waals surface area contributed by atoms with Gasteiger partial charge in [0.2, 0.25) is 0 Å². The lowest BCUT2D eigenvalue weighted by atomic mass is 10.1. The van der Waals surface area contributed by atoms with E-state index in [0.717, 1.165) is 12.1 Å². The molecule has 2 aromatic rings. The van der Waals surface area contributed by atoms with Gasteiger partial charge in [0, 0.05) is 17.3 Å². The van der Waals surface area contributed by atoms with E-state index in [1.807, 2.05) is 0 Å². The number of halogens is 3. The second kappa shape index (κ2) is 5.07. The topological polar surface area (TPSA) is 68.2 Å². The Labute approximate surface area is 119 Å². The molecule has 0 radical (unpaired) electrons. The van der Waals surface area contributed by atoms with Crippen LogP contribution >= 0.6 is 0 Å². The number of hydrogen-bond acceptors (Lipinski definition) is 2. The molecule has 0 aliphatic rings.